The van der Waals surface area contributed by atoms with Gasteiger partial charge in [-0.2, -0.15) is 17.5 Å². The van der Waals surface area contributed by atoms with Gasteiger partial charge in [-0.15, -0.1) is 45.3 Å². The van der Waals surface area contributed by atoms with E-state index >= 15 is 0 Å². The van der Waals surface area contributed by atoms with E-state index in [1.165, 1.54) is 59.6 Å². The number of nitrogens with zero attached hydrogens (tertiary/aromatic N) is 4. The van der Waals surface area contributed by atoms with Gasteiger partial charge in [0.1, 0.15) is 22.1 Å². The van der Waals surface area contributed by atoms with E-state index in [1.807, 2.05) is 35.0 Å². The van der Waals surface area contributed by atoms with Crippen molar-refractivity contribution in [3.05, 3.63) is 92.3 Å². The minimum Gasteiger partial charge on any atom is -0.870 e. The number of rotatable bonds is 8. The van der Waals surface area contributed by atoms with Crippen LogP contribution in [0, 0.1) is 0 Å². The second-order valence-electron chi connectivity index (χ2n) is 10.4. The molecule has 54 heavy (non-hydrogen) atoms. The average molecular weight is 845 g/mol. The Morgan fingerprint density at radius 2 is 0.759 bits per heavy atom. The number of methoxy groups -OCH3 is 2. The summed E-state index contributed by atoms with van der Waals surface area (Å²) in [6, 6.07) is 14.6. The number of hydrogen-bond acceptors (Lipinski definition) is 17. The van der Waals surface area contributed by atoms with Gasteiger partial charge in [0.05, 0.1) is 59.9 Å². The Balaban J connectivity index is 0.000000201. The van der Waals surface area contributed by atoms with E-state index < -0.39 is 23.9 Å². The number of thiophene rings is 4. The fraction of sp³-hybridized carbons (Fsp3) is 0.0588. The van der Waals surface area contributed by atoms with Crippen molar-refractivity contribution in [3.8, 4) is 41.8 Å². The summed E-state index contributed by atoms with van der Waals surface area (Å²) in [7, 11) is 2.58. The van der Waals surface area contributed by atoms with Gasteiger partial charge in [0, 0.05) is 41.8 Å². The van der Waals surface area contributed by atoms with E-state index in [4.69, 9.17) is 9.47 Å². The van der Waals surface area contributed by atoms with E-state index in [9.17, 15) is 29.4 Å². The Morgan fingerprint density at radius 1 is 0.500 bits per heavy atom. The molecule has 2 aromatic carbocycles. The molecular weight excluding hydrogens is 824 g/mol. The summed E-state index contributed by atoms with van der Waals surface area (Å²) in [5.41, 5.74) is 3.47. The zero-order valence-corrected chi connectivity index (χ0v) is 34.9. The number of aromatic nitrogens is 4. The molecule has 0 bridgehead atoms. The third kappa shape index (κ3) is 7.27. The number of esters is 2. The average Bonchev–Trinajstić information content (AvgIpc) is 4.00. The zero-order valence-electron chi connectivity index (χ0n) is 28.0. The second-order valence-corrected chi connectivity index (χ2v) is 15.3. The zero-order chi connectivity index (χ0) is 36.5. The first-order valence-corrected chi connectivity index (χ1v) is 19.7. The monoisotopic (exact) mass is 844 g/mol. The predicted molar refractivity (Wildman–Crippen MR) is 207 cm³/mol. The maximum atomic E-state index is 12.8. The molecule has 20 heteroatoms. The van der Waals surface area contributed by atoms with Gasteiger partial charge in [-0.25, -0.2) is 19.2 Å². The molecule has 0 radical (unpaired) electrons. The van der Waals surface area contributed by atoms with Gasteiger partial charge < -0.3 is 25.2 Å². The largest absolute Gasteiger partial charge is 1.00 e. The number of carbonyl (C=O) groups excluding carboxylic acids is 2. The van der Waals surface area contributed by atoms with E-state index in [2.05, 4.69) is 17.5 Å². The van der Waals surface area contributed by atoms with Crippen LogP contribution in [0.2, 0.25) is 0 Å². The van der Waals surface area contributed by atoms with Crippen LogP contribution >= 0.6 is 68.8 Å². The van der Waals surface area contributed by atoms with Gasteiger partial charge in [0.15, 0.2) is 0 Å². The first-order valence-electron chi connectivity index (χ1n) is 14.7. The summed E-state index contributed by atoms with van der Waals surface area (Å²) in [6.07, 6.45) is 0. The Morgan fingerprint density at radius 3 is 0.963 bits per heavy atom. The van der Waals surface area contributed by atoms with Gasteiger partial charge in [-0.3, -0.25) is 0 Å². The molecule has 0 amide bonds. The fourth-order valence-corrected chi connectivity index (χ4v) is 9.92. The van der Waals surface area contributed by atoms with Crippen LogP contribution in [-0.4, -0.2) is 71.3 Å². The van der Waals surface area contributed by atoms with E-state index in [-0.39, 0.29) is 57.3 Å². The summed E-state index contributed by atoms with van der Waals surface area (Å²) >= 11 is 7.54. The number of carbonyl (C=O) groups is 4. The molecule has 0 saturated carbocycles. The van der Waals surface area contributed by atoms with Crippen molar-refractivity contribution in [1.82, 2.24) is 17.5 Å². The van der Waals surface area contributed by atoms with Crippen molar-refractivity contribution in [3.63, 3.8) is 0 Å². The second kappa shape index (κ2) is 17.5. The summed E-state index contributed by atoms with van der Waals surface area (Å²) in [4.78, 5) is 52.5. The topological polar surface area (TPSA) is 209 Å². The number of ether oxygens (including phenoxy) is 2. The molecule has 268 valence electrons. The van der Waals surface area contributed by atoms with Crippen LogP contribution in [0.3, 0.4) is 0 Å². The molecule has 0 aliphatic heterocycles. The molecule has 0 atom stereocenters. The van der Waals surface area contributed by atoms with Gasteiger partial charge >= 0.3 is 53.4 Å². The molecule has 0 aliphatic rings. The van der Waals surface area contributed by atoms with Gasteiger partial charge in [0.25, 0.3) is 0 Å². The molecule has 6 aromatic heterocycles. The third-order valence-corrected chi connectivity index (χ3v) is 12.3. The van der Waals surface area contributed by atoms with Crippen LogP contribution in [0.25, 0.3) is 63.8 Å². The maximum absolute atomic E-state index is 12.8. The number of carboxylic acid groups (broad SMARTS) is 2. The Kier molecular flexibility index (Phi) is 13.2. The van der Waals surface area contributed by atoms with Crippen LogP contribution in [0.5, 0.6) is 0 Å². The molecule has 0 fully saturated rings. The SMILES string of the molecule is COC(=O)c1c(C(=O)OC)c(-c2cccs2)c2nsnc2c1-c1cccs1.O=C(O)c1c(C(=O)O)c(-c2cccs2)c2nsnc2c1-c1cccs1.[Na+].[OH-]. The summed E-state index contributed by atoms with van der Waals surface area (Å²) in [5.74, 6) is -3.83. The molecule has 0 unspecified atom stereocenters. The number of carboxylic acids is 2. The Labute approximate surface area is 351 Å². The summed E-state index contributed by atoms with van der Waals surface area (Å²) in [5, 5.41) is 27.0. The molecule has 8 rings (SSSR count). The molecule has 0 aliphatic carbocycles. The van der Waals surface area contributed by atoms with E-state index in [0.29, 0.717) is 54.1 Å². The molecule has 0 saturated heterocycles. The maximum Gasteiger partial charge on any atom is 1.00 e. The molecule has 8 aromatic rings. The standard InChI is InChI=1S/C18H12N2O4S3.C16H8N2O4S3.Na.H2O/c1-23-17(21)13-11(9-5-3-7-25-9)15-16(20-27-19-15)12(10-6-4-8-26-10)14(13)18(22)24-2;19-15(20)11-9(7-3-1-5-23-7)13-14(18-25-17-13)10(12(11)16(21)22)8-4-2-6-24-8;;/h3-8H,1-2H3;1-6H,(H,19,20)(H,21,22);;1H2/q;;+1;/p-1. The van der Waals surface area contributed by atoms with Crippen LogP contribution in [0.4, 0.5) is 0 Å². The van der Waals surface area contributed by atoms with Crippen molar-refractivity contribution < 1.29 is 73.9 Å². The van der Waals surface area contributed by atoms with E-state index in [0.717, 1.165) is 33.2 Å². The van der Waals surface area contributed by atoms with Crippen molar-refractivity contribution in [1.29, 1.82) is 0 Å². The normalized spacial score (nSPS) is 10.6. The van der Waals surface area contributed by atoms with Crippen molar-refractivity contribution in [2.75, 3.05) is 14.2 Å². The van der Waals surface area contributed by atoms with Gasteiger partial charge in [-0.05, 0) is 45.8 Å². The smallest absolute Gasteiger partial charge is 0.870 e. The van der Waals surface area contributed by atoms with Crippen molar-refractivity contribution >= 4 is 115 Å². The number of hydrogen-bond donors (Lipinski definition) is 2. The minimum atomic E-state index is -1.30. The van der Waals surface area contributed by atoms with Crippen LogP contribution in [0.15, 0.2) is 70.1 Å². The predicted octanol–water partition coefficient (Wildman–Crippen LogP) is 6.09. The Bertz CT molecular complexity index is 2430. The molecular formula is C34H21N4NaO9S6. The number of benzene rings is 2. The fourth-order valence-electron chi connectivity index (χ4n) is 5.69. The van der Waals surface area contributed by atoms with Crippen LogP contribution in [-0.2, 0) is 9.47 Å². The van der Waals surface area contributed by atoms with Gasteiger partial charge in [0.2, 0.25) is 0 Å². The van der Waals surface area contributed by atoms with Crippen molar-refractivity contribution in [2.24, 2.45) is 0 Å². The molecule has 0 spiro atoms. The number of aromatic carboxylic acids is 2. The summed E-state index contributed by atoms with van der Waals surface area (Å²) in [6.45, 7) is 0. The van der Waals surface area contributed by atoms with Crippen LogP contribution < -0.4 is 29.6 Å². The quantitative estimate of drug-likeness (QED) is 0.131. The Hall–Kier alpha value is -4.28. The third-order valence-electron chi connectivity index (χ3n) is 7.70. The number of fused-ring (bicyclic) bond motifs is 2. The molecule has 6 heterocycles. The first kappa shape index (κ1) is 40.9. The van der Waals surface area contributed by atoms with Gasteiger partial charge in [-0.1, -0.05) is 24.3 Å². The first-order chi connectivity index (χ1) is 25.3. The molecule has 13 nitrogen and oxygen atoms in total. The summed E-state index contributed by atoms with van der Waals surface area (Å²) < 4.78 is 27.5. The van der Waals surface area contributed by atoms with Crippen LogP contribution in [0.1, 0.15) is 41.4 Å². The minimum absolute atomic E-state index is 0. The van der Waals surface area contributed by atoms with Crippen molar-refractivity contribution in [2.45, 2.75) is 0 Å². The molecule has 3 N–H and O–H groups in total. The van der Waals surface area contributed by atoms with E-state index in [1.54, 1.807) is 35.0 Å².